The highest BCUT2D eigenvalue weighted by Crippen LogP contribution is 2.29. The predicted octanol–water partition coefficient (Wildman–Crippen LogP) is 4.67. The third-order valence-electron chi connectivity index (χ3n) is 5.17. The summed E-state index contributed by atoms with van der Waals surface area (Å²) < 4.78 is 0. The van der Waals surface area contributed by atoms with Crippen LogP contribution >= 0.6 is 23.1 Å². The highest BCUT2D eigenvalue weighted by atomic mass is 32.2. The Morgan fingerprint density at radius 2 is 2.17 bits per heavy atom. The SMILES string of the molecule is N#CCSc1ccccc1NC(=O)CN1CCCCC[C@H]1C[C@H](O)c1cccs1. The normalized spacial score (nSPS) is 18.6. The largest absolute Gasteiger partial charge is 0.388 e. The van der Waals surface area contributed by atoms with Gasteiger partial charge in [-0.2, -0.15) is 5.26 Å². The van der Waals surface area contributed by atoms with Crippen molar-refractivity contribution in [3.63, 3.8) is 0 Å². The Morgan fingerprint density at radius 1 is 1.31 bits per heavy atom. The minimum absolute atomic E-state index is 0.0486. The first-order valence-electron chi connectivity index (χ1n) is 10.0. The lowest BCUT2D eigenvalue weighted by Gasteiger charge is -2.30. The van der Waals surface area contributed by atoms with Crippen molar-refractivity contribution in [2.75, 3.05) is 24.2 Å². The van der Waals surface area contributed by atoms with Gasteiger partial charge >= 0.3 is 0 Å². The number of aliphatic hydroxyl groups excluding tert-OH is 1. The van der Waals surface area contributed by atoms with Gasteiger partial charge in [0, 0.05) is 15.8 Å². The standard InChI is InChI=1S/C22H27N3O2S2/c23-11-14-29-20-9-4-3-8-18(20)24-22(27)16-25-12-5-1-2-7-17(25)15-19(26)21-10-6-13-28-21/h3-4,6,8-10,13,17,19,26H,1-2,5,7,12,14-16H2,(H,24,27)/t17-,19-/m0/s1. The van der Waals surface area contributed by atoms with Crippen LogP contribution in [0.15, 0.2) is 46.7 Å². The number of thiophene rings is 1. The quantitative estimate of drug-likeness (QED) is 0.596. The zero-order valence-corrected chi connectivity index (χ0v) is 18.1. The van der Waals surface area contributed by atoms with Gasteiger partial charge in [-0.15, -0.1) is 23.1 Å². The van der Waals surface area contributed by atoms with Crippen LogP contribution in [0.1, 0.15) is 43.1 Å². The molecule has 2 aromatic rings. The number of hydrogen-bond acceptors (Lipinski definition) is 6. The number of nitrogens with one attached hydrogen (secondary N) is 1. The predicted molar refractivity (Wildman–Crippen MR) is 119 cm³/mol. The number of rotatable bonds is 8. The lowest BCUT2D eigenvalue weighted by molar-refractivity contribution is -0.118. The molecule has 2 N–H and O–H groups in total. The number of likely N-dealkylation sites (tertiary alicyclic amines) is 1. The molecule has 0 saturated carbocycles. The molecule has 1 saturated heterocycles. The fourth-order valence-corrected chi connectivity index (χ4v) is 5.14. The first-order valence-corrected chi connectivity index (χ1v) is 11.9. The first-order chi connectivity index (χ1) is 14.2. The minimum atomic E-state index is -0.480. The monoisotopic (exact) mass is 429 g/mol. The summed E-state index contributed by atoms with van der Waals surface area (Å²) in [5.41, 5.74) is 0.753. The summed E-state index contributed by atoms with van der Waals surface area (Å²) in [5.74, 6) is 0.300. The molecule has 154 valence electrons. The van der Waals surface area contributed by atoms with Crippen molar-refractivity contribution in [2.24, 2.45) is 0 Å². The summed E-state index contributed by atoms with van der Waals surface area (Å²) in [6.07, 6.45) is 4.55. The van der Waals surface area contributed by atoms with Gasteiger partial charge in [-0.25, -0.2) is 0 Å². The van der Waals surface area contributed by atoms with Crippen LogP contribution in [-0.2, 0) is 4.79 Å². The molecular weight excluding hydrogens is 402 g/mol. The van der Waals surface area contributed by atoms with E-state index in [1.807, 2.05) is 41.8 Å². The fraction of sp³-hybridized carbons (Fsp3) is 0.455. The van der Waals surface area contributed by atoms with Gasteiger partial charge in [-0.1, -0.05) is 31.0 Å². The molecule has 2 atom stereocenters. The summed E-state index contributed by atoms with van der Waals surface area (Å²) in [4.78, 5) is 16.9. The van der Waals surface area contributed by atoms with Crippen LogP contribution < -0.4 is 5.32 Å². The maximum atomic E-state index is 12.8. The fourth-order valence-electron chi connectivity index (χ4n) is 3.75. The van der Waals surface area contributed by atoms with E-state index in [9.17, 15) is 9.90 Å². The average molecular weight is 430 g/mol. The molecule has 1 fully saturated rings. The van der Waals surface area contributed by atoms with Crippen molar-refractivity contribution < 1.29 is 9.90 Å². The Balaban J connectivity index is 1.63. The van der Waals surface area contributed by atoms with E-state index in [4.69, 9.17) is 5.26 Å². The Bertz CT molecular complexity index is 820. The maximum Gasteiger partial charge on any atom is 0.238 e. The van der Waals surface area contributed by atoms with Crippen LogP contribution in [0.2, 0.25) is 0 Å². The smallest absolute Gasteiger partial charge is 0.238 e. The van der Waals surface area contributed by atoms with Gasteiger partial charge in [0.25, 0.3) is 0 Å². The van der Waals surface area contributed by atoms with Crippen LogP contribution in [0.3, 0.4) is 0 Å². The molecule has 1 aromatic carbocycles. The summed E-state index contributed by atoms with van der Waals surface area (Å²) in [5, 5.41) is 24.4. The summed E-state index contributed by atoms with van der Waals surface area (Å²) >= 11 is 3.00. The van der Waals surface area contributed by atoms with Crippen molar-refractivity contribution in [3.05, 3.63) is 46.7 Å². The average Bonchev–Trinajstić information content (AvgIpc) is 3.18. The number of benzene rings is 1. The molecule has 5 nitrogen and oxygen atoms in total. The summed E-state index contributed by atoms with van der Waals surface area (Å²) in [6, 6.07) is 13.8. The van der Waals surface area contributed by atoms with Crippen molar-refractivity contribution in [1.82, 2.24) is 4.90 Å². The van der Waals surface area contributed by atoms with E-state index in [0.29, 0.717) is 18.7 Å². The second kappa shape index (κ2) is 11.4. The number of nitrogens with zero attached hydrogens (tertiary/aromatic N) is 2. The molecular formula is C22H27N3O2S2. The number of thioether (sulfide) groups is 1. The van der Waals surface area contributed by atoms with E-state index in [-0.39, 0.29) is 11.9 Å². The Morgan fingerprint density at radius 3 is 2.97 bits per heavy atom. The highest BCUT2D eigenvalue weighted by molar-refractivity contribution is 7.99. The molecule has 7 heteroatoms. The molecule has 0 bridgehead atoms. The molecule has 29 heavy (non-hydrogen) atoms. The van der Waals surface area contributed by atoms with Gasteiger partial charge in [-0.05, 0) is 49.4 Å². The molecule has 2 heterocycles. The van der Waals surface area contributed by atoms with E-state index in [1.165, 1.54) is 11.8 Å². The third kappa shape index (κ3) is 6.58. The topological polar surface area (TPSA) is 76.4 Å². The molecule has 0 aliphatic carbocycles. The third-order valence-corrected chi connectivity index (χ3v) is 7.08. The number of aliphatic hydroxyl groups is 1. The maximum absolute atomic E-state index is 12.8. The summed E-state index contributed by atoms with van der Waals surface area (Å²) in [6.45, 7) is 1.19. The van der Waals surface area contributed by atoms with Crippen LogP contribution in [0, 0.1) is 11.3 Å². The number of nitriles is 1. The number of hydrogen-bond donors (Lipinski definition) is 2. The molecule has 0 unspecified atom stereocenters. The van der Waals surface area contributed by atoms with Gasteiger partial charge in [0.1, 0.15) is 0 Å². The van der Waals surface area contributed by atoms with E-state index >= 15 is 0 Å². The van der Waals surface area contributed by atoms with Crippen molar-refractivity contribution >= 4 is 34.7 Å². The van der Waals surface area contributed by atoms with Gasteiger partial charge in [-0.3, -0.25) is 9.69 Å². The van der Waals surface area contributed by atoms with Crippen molar-refractivity contribution in [1.29, 1.82) is 5.26 Å². The van der Waals surface area contributed by atoms with Gasteiger partial charge < -0.3 is 10.4 Å². The molecule has 1 aliphatic heterocycles. The molecule has 1 aliphatic rings. The molecule has 1 aromatic heterocycles. The van der Waals surface area contributed by atoms with E-state index in [0.717, 1.165) is 47.7 Å². The van der Waals surface area contributed by atoms with Gasteiger partial charge in [0.15, 0.2) is 0 Å². The lowest BCUT2D eigenvalue weighted by atomic mass is 10.0. The summed E-state index contributed by atoms with van der Waals surface area (Å²) in [7, 11) is 0. The second-order valence-corrected chi connectivity index (χ2v) is 9.23. The van der Waals surface area contributed by atoms with Crippen molar-refractivity contribution in [3.8, 4) is 6.07 Å². The van der Waals surface area contributed by atoms with Crippen LogP contribution in [0.5, 0.6) is 0 Å². The number of carbonyl (C=O) groups excluding carboxylic acids is 1. The number of amides is 1. The Labute approximate surface area is 180 Å². The zero-order valence-electron chi connectivity index (χ0n) is 16.4. The van der Waals surface area contributed by atoms with Crippen LogP contribution in [-0.4, -0.2) is 40.8 Å². The van der Waals surface area contributed by atoms with E-state index < -0.39 is 6.10 Å². The van der Waals surface area contributed by atoms with Gasteiger partial charge in [0.2, 0.25) is 5.91 Å². The van der Waals surface area contributed by atoms with E-state index in [2.05, 4.69) is 16.3 Å². The molecule has 0 spiro atoms. The minimum Gasteiger partial charge on any atom is -0.388 e. The molecule has 1 amide bonds. The number of carbonyl (C=O) groups is 1. The van der Waals surface area contributed by atoms with Crippen LogP contribution in [0.25, 0.3) is 0 Å². The zero-order chi connectivity index (χ0) is 20.5. The number of para-hydroxylation sites is 1. The first kappa shape index (κ1) is 21.8. The van der Waals surface area contributed by atoms with Crippen molar-refractivity contribution in [2.45, 2.75) is 49.1 Å². The molecule has 0 radical (unpaired) electrons. The Hall–Kier alpha value is -1.85. The second-order valence-electron chi connectivity index (χ2n) is 7.23. The van der Waals surface area contributed by atoms with Crippen LogP contribution in [0.4, 0.5) is 5.69 Å². The lowest BCUT2D eigenvalue weighted by Crippen LogP contribution is -2.41. The Kier molecular flexibility index (Phi) is 8.56. The van der Waals surface area contributed by atoms with E-state index in [1.54, 1.807) is 11.3 Å². The number of anilines is 1. The highest BCUT2D eigenvalue weighted by Gasteiger charge is 2.26. The van der Waals surface area contributed by atoms with Gasteiger partial charge in [0.05, 0.1) is 30.2 Å². The molecule has 3 rings (SSSR count).